The van der Waals surface area contributed by atoms with Gasteiger partial charge in [0.2, 0.25) is 11.8 Å². The van der Waals surface area contributed by atoms with Crippen molar-refractivity contribution in [1.29, 1.82) is 0 Å². The van der Waals surface area contributed by atoms with E-state index in [1.165, 1.54) is 30.0 Å². The molecule has 1 N–H and O–H groups in total. The standard InChI is InChI=1S/C18H20FN3O2/c1-13(23)22(17-6-4-5-14(19)11-17)12-18(24)20-15-7-9-16(10-8-15)21(2)3/h4-11H,12H2,1-3H3,(H,20,24). The number of carbonyl (C=O) groups excluding carboxylic acids is 2. The van der Waals surface area contributed by atoms with Crippen molar-refractivity contribution in [3.8, 4) is 0 Å². The van der Waals surface area contributed by atoms with Crippen molar-refractivity contribution in [2.45, 2.75) is 6.92 Å². The van der Waals surface area contributed by atoms with Crippen LogP contribution in [0.4, 0.5) is 21.5 Å². The van der Waals surface area contributed by atoms with E-state index in [-0.39, 0.29) is 18.4 Å². The Bertz CT molecular complexity index is 729. The Hall–Kier alpha value is -2.89. The van der Waals surface area contributed by atoms with E-state index in [2.05, 4.69) is 5.32 Å². The molecule has 0 saturated carbocycles. The Kier molecular flexibility index (Phi) is 5.52. The van der Waals surface area contributed by atoms with E-state index in [4.69, 9.17) is 0 Å². The van der Waals surface area contributed by atoms with E-state index in [1.807, 2.05) is 31.1 Å². The van der Waals surface area contributed by atoms with Gasteiger partial charge in [-0.3, -0.25) is 9.59 Å². The smallest absolute Gasteiger partial charge is 0.244 e. The summed E-state index contributed by atoms with van der Waals surface area (Å²) in [5.74, 6) is -1.15. The molecule has 0 fully saturated rings. The first kappa shape index (κ1) is 17.5. The van der Waals surface area contributed by atoms with Crippen molar-refractivity contribution in [1.82, 2.24) is 0 Å². The maximum atomic E-state index is 13.3. The number of hydrogen-bond acceptors (Lipinski definition) is 3. The van der Waals surface area contributed by atoms with Crippen LogP contribution in [0.2, 0.25) is 0 Å². The molecule has 0 bridgehead atoms. The molecular formula is C18H20FN3O2. The van der Waals surface area contributed by atoms with Crippen molar-refractivity contribution in [3.63, 3.8) is 0 Å². The fourth-order valence-corrected chi connectivity index (χ4v) is 2.22. The van der Waals surface area contributed by atoms with E-state index in [9.17, 15) is 14.0 Å². The second-order valence-electron chi connectivity index (χ2n) is 5.57. The van der Waals surface area contributed by atoms with Crippen LogP contribution in [0.25, 0.3) is 0 Å². The van der Waals surface area contributed by atoms with Crippen molar-refractivity contribution in [3.05, 3.63) is 54.3 Å². The normalized spacial score (nSPS) is 10.2. The summed E-state index contributed by atoms with van der Waals surface area (Å²) in [5, 5.41) is 2.73. The summed E-state index contributed by atoms with van der Waals surface area (Å²) in [4.78, 5) is 27.2. The minimum absolute atomic E-state index is 0.186. The van der Waals surface area contributed by atoms with Crippen molar-refractivity contribution in [2.75, 3.05) is 35.8 Å². The zero-order chi connectivity index (χ0) is 17.7. The van der Waals surface area contributed by atoms with Crippen molar-refractivity contribution >= 4 is 28.9 Å². The predicted octanol–water partition coefficient (Wildman–Crippen LogP) is 2.88. The molecular weight excluding hydrogens is 309 g/mol. The van der Waals surface area contributed by atoms with Gasteiger partial charge in [-0.1, -0.05) is 6.07 Å². The number of nitrogens with zero attached hydrogens (tertiary/aromatic N) is 2. The average molecular weight is 329 g/mol. The van der Waals surface area contributed by atoms with Crippen LogP contribution in [0.5, 0.6) is 0 Å². The molecule has 0 aromatic heterocycles. The monoisotopic (exact) mass is 329 g/mol. The van der Waals surface area contributed by atoms with Crippen molar-refractivity contribution in [2.24, 2.45) is 0 Å². The van der Waals surface area contributed by atoms with Gasteiger partial charge in [0.25, 0.3) is 0 Å². The third-order valence-electron chi connectivity index (χ3n) is 3.47. The highest BCUT2D eigenvalue weighted by Gasteiger charge is 2.16. The molecule has 0 spiro atoms. The van der Waals surface area contributed by atoms with Gasteiger partial charge >= 0.3 is 0 Å². The van der Waals surface area contributed by atoms with Gasteiger partial charge in [0.1, 0.15) is 12.4 Å². The van der Waals surface area contributed by atoms with Crippen LogP contribution in [0, 0.1) is 5.82 Å². The Balaban J connectivity index is 2.07. The molecule has 24 heavy (non-hydrogen) atoms. The molecule has 0 saturated heterocycles. The first-order valence-corrected chi connectivity index (χ1v) is 7.47. The highest BCUT2D eigenvalue weighted by molar-refractivity contribution is 6.01. The fraction of sp³-hybridized carbons (Fsp3) is 0.222. The van der Waals surface area contributed by atoms with Crippen LogP contribution in [0.3, 0.4) is 0 Å². The minimum atomic E-state index is -0.460. The lowest BCUT2D eigenvalue weighted by Crippen LogP contribution is -2.36. The first-order valence-electron chi connectivity index (χ1n) is 7.47. The van der Waals surface area contributed by atoms with E-state index >= 15 is 0 Å². The molecule has 0 aliphatic heterocycles. The van der Waals surface area contributed by atoms with Gasteiger partial charge in [0.05, 0.1) is 0 Å². The van der Waals surface area contributed by atoms with Crippen LogP contribution in [0.15, 0.2) is 48.5 Å². The lowest BCUT2D eigenvalue weighted by molar-refractivity contribution is -0.120. The molecule has 2 aromatic rings. The molecule has 0 radical (unpaired) electrons. The van der Waals surface area contributed by atoms with E-state index in [0.29, 0.717) is 11.4 Å². The lowest BCUT2D eigenvalue weighted by atomic mass is 10.2. The minimum Gasteiger partial charge on any atom is -0.378 e. The summed E-state index contributed by atoms with van der Waals surface area (Å²) in [6, 6.07) is 12.9. The summed E-state index contributed by atoms with van der Waals surface area (Å²) in [7, 11) is 3.86. The molecule has 2 rings (SSSR count). The van der Waals surface area contributed by atoms with Crippen LogP contribution in [-0.2, 0) is 9.59 Å². The summed E-state index contributed by atoms with van der Waals surface area (Å²) in [6.45, 7) is 1.15. The molecule has 2 amide bonds. The lowest BCUT2D eigenvalue weighted by Gasteiger charge is -2.21. The number of hydrogen-bond donors (Lipinski definition) is 1. The second kappa shape index (κ2) is 7.59. The molecule has 0 heterocycles. The van der Waals surface area contributed by atoms with Gasteiger partial charge in [-0.15, -0.1) is 0 Å². The van der Waals surface area contributed by atoms with Crippen LogP contribution in [0.1, 0.15) is 6.92 Å². The number of amides is 2. The maximum Gasteiger partial charge on any atom is 0.244 e. The van der Waals surface area contributed by atoms with Crippen LogP contribution in [-0.4, -0.2) is 32.5 Å². The third-order valence-corrected chi connectivity index (χ3v) is 3.47. The number of benzene rings is 2. The Morgan fingerprint density at radius 3 is 2.25 bits per heavy atom. The Morgan fingerprint density at radius 2 is 1.71 bits per heavy atom. The average Bonchev–Trinajstić information content (AvgIpc) is 2.52. The van der Waals surface area contributed by atoms with Crippen LogP contribution < -0.4 is 15.1 Å². The number of halogens is 1. The topological polar surface area (TPSA) is 52.7 Å². The maximum absolute atomic E-state index is 13.3. The van der Waals surface area contributed by atoms with E-state index < -0.39 is 5.82 Å². The van der Waals surface area contributed by atoms with Crippen molar-refractivity contribution < 1.29 is 14.0 Å². The van der Waals surface area contributed by atoms with E-state index in [0.717, 1.165) is 5.69 Å². The van der Waals surface area contributed by atoms with Gasteiger partial charge in [0, 0.05) is 38.1 Å². The van der Waals surface area contributed by atoms with E-state index in [1.54, 1.807) is 18.2 Å². The second-order valence-corrected chi connectivity index (χ2v) is 5.57. The fourth-order valence-electron chi connectivity index (χ4n) is 2.22. The molecule has 0 aliphatic rings. The Labute approximate surface area is 140 Å². The molecule has 126 valence electrons. The highest BCUT2D eigenvalue weighted by Crippen LogP contribution is 2.18. The quantitative estimate of drug-likeness (QED) is 0.918. The number of nitrogens with one attached hydrogen (secondary N) is 1. The number of anilines is 3. The predicted molar refractivity (Wildman–Crippen MR) is 93.8 cm³/mol. The van der Waals surface area contributed by atoms with Gasteiger partial charge in [-0.05, 0) is 42.5 Å². The molecule has 0 atom stereocenters. The molecule has 6 heteroatoms. The molecule has 5 nitrogen and oxygen atoms in total. The zero-order valence-corrected chi connectivity index (χ0v) is 13.9. The third kappa shape index (κ3) is 4.55. The number of carbonyl (C=O) groups is 2. The highest BCUT2D eigenvalue weighted by atomic mass is 19.1. The van der Waals surface area contributed by atoms with Gasteiger partial charge in [0.15, 0.2) is 0 Å². The molecule has 0 unspecified atom stereocenters. The van der Waals surface area contributed by atoms with Gasteiger partial charge < -0.3 is 15.1 Å². The summed E-state index contributed by atoms with van der Waals surface area (Å²) >= 11 is 0. The number of rotatable bonds is 5. The zero-order valence-electron chi connectivity index (χ0n) is 13.9. The summed E-state index contributed by atoms with van der Waals surface area (Å²) in [5.41, 5.74) is 1.99. The molecule has 2 aromatic carbocycles. The molecule has 0 aliphatic carbocycles. The Morgan fingerprint density at radius 1 is 1.04 bits per heavy atom. The first-order chi connectivity index (χ1) is 11.4. The SMILES string of the molecule is CC(=O)N(CC(=O)Nc1ccc(N(C)C)cc1)c1cccc(F)c1. The van der Waals surface area contributed by atoms with Gasteiger partial charge in [-0.25, -0.2) is 4.39 Å². The summed E-state index contributed by atoms with van der Waals surface area (Å²) < 4.78 is 13.3. The summed E-state index contributed by atoms with van der Waals surface area (Å²) in [6.07, 6.45) is 0. The van der Waals surface area contributed by atoms with Crippen LogP contribution >= 0.6 is 0 Å². The van der Waals surface area contributed by atoms with Gasteiger partial charge in [-0.2, -0.15) is 0 Å². The largest absolute Gasteiger partial charge is 0.378 e.